The lowest BCUT2D eigenvalue weighted by Gasteiger charge is -2.04. The maximum atomic E-state index is 12.3. The second-order valence-electron chi connectivity index (χ2n) is 5.86. The topological polar surface area (TPSA) is 72.5 Å². The Balaban J connectivity index is 1.69. The molecule has 1 aromatic heterocycles. The van der Waals surface area contributed by atoms with Crippen molar-refractivity contribution in [1.82, 2.24) is 0 Å². The van der Waals surface area contributed by atoms with Crippen LogP contribution in [0.25, 0.3) is 0 Å². The number of carbonyl (C=O) groups excluding carboxylic acids is 3. The van der Waals surface area contributed by atoms with Crippen molar-refractivity contribution in [3.63, 3.8) is 0 Å². The molecule has 124 valence electrons. The minimum Gasteiger partial charge on any atom is -0.422 e. The highest BCUT2D eigenvalue weighted by Gasteiger charge is 2.30. The zero-order valence-electron chi connectivity index (χ0n) is 13.4. The van der Waals surface area contributed by atoms with E-state index in [-0.39, 0.29) is 17.6 Å². The third kappa shape index (κ3) is 3.71. The van der Waals surface area contributed by atoms with Crippen LogP contribution in [0.4, 0.5) is 5.00 Å². The van der Waals surface area contributed by atoms with Gasteiger partial charge in [0.05, 0.1) is 5.00 Å². The molecular formula is C18H17NO4S. The van der Waals surface area contributed by atoms with Crippen LogP contribution >= 0.6 is 11.3 Å². The quantitative estimate of drug-likeness (QED) is 0.509. The number of aryl methyl sites for hydroxylation is 1. The maximum absolute atomic E-state index is 12.3. The fourth-order valence-corrected chi connectivity index (χ4v) is 3.18. The Morgan fingerprint density at radius 1 is 1.17 bits per heavy atom. The van der Waals surface area contributed by atoms with Crippen LogP contribution in [0.5, 0.6) is 5.75 Å². The van der Waals surface area contributed by atoms with Crippen molar-refractivity contribution in [2.24, 2.45) is 5.92 Å². The van der Waals surface area contributed by atoms with Gasteiger partial charge in [-0.1, -0.05) is 0 Å². The fraction of sp³-hybridized carbons (Fsp3) is 0.278. The van der Waals surface area contributed by atoms with Gasteiger partial charge in [-0.25, -0.2) is 4.79 Å². The summed E-state index contributed by atoms with van der Waals surface area (Å²) < 4.78 is 5.34. The lowest BCUT2D eigenvalue weighted by atomic mass is 10.1. The van der Waals surface area contributed by atoms with Crippen LogP contribution in [0.2, 0.25) is 0 Å². The van der Waals surface area contributed by atoms with Crippen LogP contribution in [0, 0.1) is 12.8 Å². The van der Waals surface area contributed by atoms with Gasteiger partial charge in [0.2, 0.25) is 5.91 Å². The van der Waals surface area contributed by atoms with Gasteiger partial charge in [-0.15, -0.1) is 11.3 Å². The van der Waals surface area contributed by atoms with Crippen LogP contribution in [0.3, 0.4) is 0 Å². The van der Waals surface area contributed by atoms with Crippen LogP contribution in [0.1, 0.15) is 45.4 Å². The second-order valence-corrected chi connectivity index (χ2v) is 6.91. The number of thiophene rings is 1. The Bertz CT molecular complexity index is 803. The summed E-state index contributed by atoms with van der Waals surface area (Å²) in [4.78, 5) is 35.8. The standard InChI is InChI=1S/C18H17NO4S/c1-10-9-15(19-17(21)13-3-4-13)24-16(10)18(22)23-14-7-5-12(6-8-14)11(2)20/h5-9,13H,3-4H2,1-2H3,(H,19,21). The summed E-state index contributed by atoms with van der Waals surface area (Å²) in [7, 11) is 0. The summed E-state index contributed by atoms with van der Waals surface area (Å²) in [5.41, 5.74) is 1.32. The molecule has 2 aromatic rings. The zero-order chi connectivity index (χ0) is 17.3. The van der Waals surface area contributed by atoms with Crippen LogP contribution in [-0.2, 0) is 4.79 Å². The van der Waals surface area contributed by atoms with E-state index in [4.69, 9.17) is 4.74 Å². The number of ketones is 1. The third-order valence-electron chi connectivity index (χ3n) is 3.77. The number of carbonyl (C=O) groups is 3. The fourth-order valence-electron chi connectivity index (χ4n) is 2.23. The number of Topliss-reactive ketones (excluding diaryl/α,β-unsaturated/α-hetero) is 1. The van der Waals surface area contributed by atoms with Crippen molar-refractivity contribution in [3.05, 3.63) is 46.3 Å². The number of ether oxygens (including phenoxy) is 1. The van der Waals surface area contributed by atoms with E-state index in [1.807, 2.05) is 0 Å². The molecule has 1 aliphatic carbocycles. The lowest BCUT2D eigenvalue weighted by Crippen LogP contribution is -2.12. The van der Waals surface area contributed by atoms with E-state index in [1.165, 1.54) is 18.3 Å². The summed E-state index contributed by atoms with van der Waals surface area (Å²) >= 11 is 1.21. The molecule has 1 heterocycles. The smallest absolute Gasteiger partial charge is 0.354 e. The van der Waals surface area contributed by atoms with Crippen molar-refractivity contribution >= 4 is 34.0 Å². The molecule has 1 N–H and O–H groups in total. The normalized spacial score (nSPS) is 13.4. The first-order valence-electron chi connectivity index (χ1n) is 7.68. The molecule has 3 rings (SSSR count). The Kier molecular flexibility index (Phi) is 4.49. The first-order chi connectivity index (χ1) is 11.4. The van der Waals surface area contributed by atoms with Gasteiger partial charge in [-0.2, -0.15) is 0 Å². The average Bonchev–Trinajstić information content (AvgIpc) is 3.32. The molecule has 0 unspecified atom stereocenters. The summed E-state index contributed by atoms with van der Waals surface area (Å²) in [5.74, 6) is -0.0158. The molecule has 1 saturated carbocycles. The van der Waals surface area contributed by atoms with Crippen molar-refractivity contribution < 1.29 is 19.1 Å². The van der Waals surface area contributed by atoms with E-state index in [9.17, 15) is 14.4 Å². The highest BCUT2D eigenvalue weighted by molar-refractivity contribution is 7.18. The van der Waals surface area contributed by atoms with E-state index in [1.54, 1.807) is 37.3 Å². The molecule has 0 atom stereocenters. The Morgan fingerprint density at radius 3 is 2.42 bits per heavy atom. The van der Waals surface area contributed by atoms with Gasteiger partial charge in [0.25, 0.3) is 0 Å². The molecule has 1 aromatic carbocycles. The largest absolute Gasteiger partial charge is 0.422 e. The van der Waals surface area contributed by atoms with Gasteiger partial charge < -0.3 is 10.1 Å². The number of hydrogen-bond acceptors (Lipinski definition) is 5. The first-order valence-corrected chi connectivity index (χ1v) is 8.50. The van der Waals surface area contributed by atoms with Gasteiger partial charge in [-0.05, 0) is 62.6 Å². The number of rotatable bonds is 5. The van der Waals surface area contributed by atoms with Crippen molar-refractivity contribution in [2.45, 2.75) is 26.7 Å². The molecule has 0 aliphatic heterocycles. The van der Waals surface area contributed by atoms with E-state index >= 15 is 0 Å². The molecule has 24 heavy (non-hydrogen) atoms. The molecule has 1 amide bonds. The SMILES string of the molecule is CC(=O)c1ccc(OC(=O)c2sc(NC(=O)C3CC3)cc2C)cc1. The highest BCUT2D eigenvalue weighted by Crippen LogP contribution is 2.33. The lowest BCUT2D eigenvalue weighted by molar-refractivity contribution is -0.117. The van der Waals surface area contributed by atoms with Gasteiger partial charge in [0, 0.05) is 11.5 Å². The molecular weight excluding hydrogens is 326 g/mol. The van der Waals surface area contributed by atoms with Crippen LogP contribution in [-0.4, -0.2) is 17.7 Å². The summed E-state index contributed by atoms with van der Waals surface area (Å²) in [5, 5.41) is 3.49. The molecule has 0 radical (unpaired) electrons. The second kappa shape index (κ2) is 6.57. The predicted octanol–water partition coefficient (Wildman–Crippen LogP) is 3.83. The van der Waals surface area contributed by atoms with Gasteiger partial charge in [0.1, 0.15) is 10.6 Å². The number of benzene rings is 1. The Morgan fingerprint density at radius 2 is 1.83 bits per heavy atom. The monoisotopic (exact) mass is 343 g/mol. The highest BCUT2D eigenvalue weighted by atomic mass is 32.1. The molecule has 1 aliphatic rings. The van der Waals surface area contributed by atoms with Crippen LogP contribution in [0.15, 0.2) is 30.3 Å². The minimum absolute atomic E-state index is 0.0102. The summed E-state index contributed by atoms with van der Waals surface area (Å²) in [6.45, 7) is 3.28. The number of amides is 1. The third-order valence-corrected chi connectivity index (χ3v) is 4.90. The van der Waals surface area contributed by atoms with Gasteiger partial charge in [-0.3, -0.25) is 9.59 Å². The number of anilines is 1. The Labute approximate surface area is 143 Å². The van der Waals surface area contributed by atoms with Gasteiger partial charge in [0.15, 0.2) is 5.78 Å². The molecule has 0 spiro atoms. The van der Waals surface area contributed by atoms with Crippen LogP contribution < -0.4 is 10.1 Å². The maximum Gasteiger partial charge on any atom is 0.354 e. The van der Waals surface area contributed by atoms with Crippen molar-refractivity contribution in [1.29, 1.82) is 0 Å². The zero-order valence-corrected chi connectivity index (χ0v) is 14.2. The molecule has 5 nitrogen and oxygen atoms in total. The van der Waals surface area contributed by atoms with E-state index in [0.717, 1.165) is 18.4 Å². The number of nitrogens with one attached hydrogen (secondary N) is 1. The van der Waals surface area contributed by atoms with Crippen molar-refractivity contribution in [3.8, 4) is 5.75 Å². The summed E-state index contributed by atoms with van der Waals surface area (Å²) in [6.07, 6.45) is 1.86. The molecule has 0 bridgehead atoms. The number of esters is 1. The minimum atomic E-state index is -0.472. The van der Waals surface area contributed by atoms with Crippen molar-refractivity contribution in [2.75, 3.05) is 5.32 Å². The number of hydrogen-bond donors (Lipinski definition) is 1. The van der Waals surface area contributed by atoms with E-state index in [0.29, 0.717) is 21.2 Å². The first kappa shape index (κ1) is 16.4. The molecule has 6 heteroatoms. The Hall–Kier alpha value is -2.47. The van der Waals surface area contributed by atoms with Gasteiger partial charge >= 0.3 is 5.97 Å². The van der Waals surface area contributed by atoms with E-state index < -0.39 is 5.97 Å². The molecule has 0 saturated heterocycles. The predicted molar refractivity (Wildman–Crippen MR) is 91.8 cm³/mol. The molecule has 1 fully saturated rings. The average molecular weight is 343 g/mol. The summed E-state index contributed by atoms with van der Waals surface area (Å²) in [6, 6.07) is 8.20. The van der Waals surface area contributed by atoms with E-state index in [2.05, 4.69) is 5.32 Å².